The molecule has 1 saturated heterocycles. The molecule has 0 bridgehead atoms. The van der Waals surface area contributed by atoms with Crippen LogP contribution >= 0.6 is 0 Å². The fourth-order valence-electron chi connectivity index (χ4n) is 3.09. The molecule has 8 heteroatoms. The molecule has 26 heavy (non-hydrogen) atoms. The number of ether oxygens (including phenoxy) is 1. The van der Waals surface area contributed by atoms with Gasteiger partial charge in [-0.05, 0) is 19.1 Å². The van der Waals surface area contributed by atoms with Gasteiger partial charge in [0.15, 0.2) is 0 Å². The van der Waals surface area contributed by atoms with Crippen LogP contribution < -0.4 is 5.32 Å². The quantitative estimate of drug-likeness (QED) is 0.749. The molecule has 0 saturated carbocycles. The van der Waals surface area contributed by atoms with Crippen molar-refractivity contribution in [1.29, 1.82) is 0 Å². The molecule has 138 valence electrons. The molecule has 1 atom stereocenters. The zero-order valence-corrected chi connectivity index (χ0v) is 14.6. The molecule has 0 aliphatic carbocycles. The lowest BCUT2D eigenvalue weighted by Crippen LogP contribution is -2.50. The van der Waals surface area contributed by atoms with Crippen LogP contribution in [0.3, 0.4) is 0 Å². The maximum atomic E-state index is 12.3. The van der Waals surface area contributed by atoms with Crippen LogP contribution in [0.4, 0.5) is 0 Å². The summed E-state index contributed by atoms with van der Waals surface area (Å²) in [5.41, 5.74) is 0.711. The van der Waals surface area contributed by atoms with Crippen LogP contribution in [-0.4, -0.2) is 72.3 Å². The average molecular weight is 359 g/mol. The van der Waals surface area contributed by atoms with E-state index in [1.54, 1.807) is 36.1 Å². The van der Waals surface area contributed by atoms with Crippen LogP contribution in [0.15, 0.2) is 24.3 Å². The van der Waals surface area contributed by atoms with Gasteiger partial charge in [-0.15, -0.1) is 0 Å². The van der Waals surface area contributed by atoms with Gasteiger partial charge >= 0.3 is 0 Å². The van der Waals surface area contributed by atoms with Crippen molar-refractivity contribution in [2.24, 2.45) is 0 Å². The standard InChI is InChI=1S/C18H21N3O5/c1-12(16(23)20-8-10-26-11-9-20)19-15(22)6-7-21-17(24)13-4-2-3-5-14(13)18(21)25/h2-5,12H,6-11H2,1H3,(H,19,22)/t12-/m1/s1. The zero-order chi connectivity index (χ0) is 18.7. The third-order valence-electron chi connectivity index (χ3n) is 4.51. The smallest absolute Gasteiger partial charge is 0.261 e. The minimum Gasteiger partial charge on any atom is -0.378 e. The number of morpholine rings is 1. The van der Waals surface area contributed by atoms with Gasteiger partial charge in [-0.25, -0.2) is 0 Å². The molecule has 4 amide bonds. The van der Waals surface area contributed by atoms with Crippen LogP contribution in [0.2, 0.25) is 0 Å². The lowest BCUT2D eigenvalue weighted by molar-refractivity contribution is -0.139. The Hall–Kier alpha value is -2.74. The van der Waals surface area contributed by atoms with Gasteiger partial charge in [0.25, 0.3) is 11.8 Å². The van der Waals surface area contributed by atoms with E-state index in [2.05, 4.69) is 5.32 Å². The van der Waals surface area contributed by atoms with Gasteiger partial charge in [-0.2, -0.15) is 0 Å². The summed E-state index contributed by atoms with van der Waals surface area (Å²) in [7, 11) is 0. The molecule has 3 rings (SSSR count). The molecule has 1 N–H and O–H groups in total. The van der Waals surface area contributed by atoms with Crippen LogP contribution in [0.25, 0.3) is 0 Å². The summed E-state index contributed by atoms with van der Waals surface area (Å²) in [6.07, 6.45) is -0.0494. The Morgan fingerprint density at radius 1 is 1.12 bits per heavy atom. The minimum absolute atomic E-state index is 0.0172. The predicted molar refractivity (Wildman–Crippen MR) is 91.4 cm³/mol. The van der Waals surface area contributed by atoms with E-state index in [0.717, 1.165) is 4.90 Å². The van der Waals surface area contributed by atoms with Gasteiger partial charge in [0.1, 0.15) is 6.04 Å². The number of imide groups is 1. The van der Waals surface area contributed by atoms with E-state index in [1.807, 2.05) is 0 Å². The van der Waals surface area contributed by atoms with Crippen LogP contribution in [0.1, 0.15) is 34.1 Å². The largest absolute Gasteiger partial charge is 0.378 e. The second kappa shape index (κ2) is 7.65. The van der Waals surface area contributed by atoms with Gasteiger partial charge in [-0.3, -0.25) is 24.1 Å². The molecule has 1 aromatic carbocycles. The number of hydrogen-bond donors (Lipinski definition) is 1. The number of carbonyl (C=O) groups is 4. The van der Waals surface area contributed by atoms with Crippen molar-refractivity contribution >= 4 is 23.6 Å². The van der Waals surface area contributed by atoms with Gasteiger partial charge in [-0.1, -0.05) is 12.1 Å². The highest BCUT2D eigenvalue weighted by Gasteiger charge is 2.35. The number of rotatable bonds is 5. The molecule has 2 aliphatic rings. The van der Waals surface area contributed by atoms with E-state index in [0.29, 0.717) is 37.4 Å². The predicted octanol–water partition coefficient (Wildman–Crippen LogP) is 0.0362. The highest BCUT2D eigenvalue weighted by molar-refractivity contribution is 6.21. The summed E-state index contributed by atoms with van der Waals surface area (Å²) in [5, 5.41) is 2.63. The molecule has 0 spiro atoms. The lowest BCUT2D eigenvalue weighted by Gasteiger charge is -2.29. The highest BCUT2D eigenvalue weighted by Crippen LogP contribution is 2.22. The van der Waals surface area contributed by atoms with Gasteiger partial charge in [0, 0.05) is 26.1 Å². The van der Waals surface area contributed by atoms with Crippen LogP contribution in [0.5, 0.6) is 0 Å². The second-order valence-corrected chi connectivity index (χ2v) is 6.28. The molecule has 0 radical (unpaired) electrons. The first-order valence-electron chi connectivity index (χ1n) is 8.60. The van der Waals surface area contributed by atoms with E-state index < -0.39 is 17.9 Å². The van der Waals surface area contributed by atoms with Crippen molar-refractivity contribution in [1.82, 2.24) is 15.1 Å². The van der Waals surface area contributed by atoms with Crippen molar-refractivity contribution in [3.63, 3.8) is 0 Å². The number of amides is 4. The van der Waals surface area contributed by atoms with Crippen LogP contribution in [-0.2, 0) is 14.3 Å². The van der Waals surface area contributed by atoms with Crippen molar-refractivity contribution in [3.05, 3.63) is 35.4 Å². The first-order chi connectivity index (χ1) is 12.5. The highest BCUT2D eigenvalue weighted by atomic mass is 16.5. The lowest BCUT2D eigenvalue weighted by atomic mass is 10.1. The topological polar surface area (TPSA) is 96.0 Å². The molecule has 2 aliphatic heterocycles. The minimum atomic E-state index is -0.664. The first kappa shape index (κ1) is 18.1. The summed E-state index contributed by atoms with van der Waals surface area (Å²) in [5.74, 6) is -1.33. The maximum Gasteiger partial charge on any atom is 0.261 e. The van der Waals surface area contributed by atoms with Crippen LogP contribution in [0, 0.1) is 0 Å². The molecule has 2 heterocycles. The van der Waals surface area contributed by atoms with E-state index in [9.17, 15) is 19.2 Å². The summed E-state index contributed by atoms with van der Waals surface area (Å²) >= 11 is 0. The van der Waals surface area contributed by atoms with E-state index >= 15 is 0 Å². The van der Waals surface area contributed by atoms with Crippen molar-refractivity contribution in [2.45, 2.75) is 19.4 Å². The summed E-state index contributed by atoms with van der Waals surface area (Å²) in [4.78, 5) is 51.6. The molecular weight excluding hydrogens is 338 g/mol. The summed E-state index contributed by atoms with van der Waals surface area (Å²) < 4.78 is 5.20. The first-order valence-corrected chi connectivity index (χ1v) is 8.60. The van der Waals surface area contributed by atoms with E-state index in [-0.39, 0.29) is 24.8 Å². The number of carbonyl (C=O) groups excluding carboxylic acids is 4. The molecule has 1 fully saturated rings. The Kier molecular flexibility index (Phi) is 5.32. The second-order valence-electron chi connectivity index (χ2n) is 6.28. The molecule has 8 nitrogen and oxygen atoms in total. The Morgan fingerprint density at radius 3 is 2.27 bits per heavy atom. The third kappa shape index (κ3) is 3.60. The Morgan fingerprint density at radius 2 is 1.69 bits per heavy atom. The SMILES string of the molecule is C[C@@H](NC(=O)CCN1C(=O)c2ccccc2C1=O)C(=O)N1CCOCC1. The third-order valence-corrected chi connectivity index (χ3v) is 4.51. The van der Waals surface area contributed by atoms with Crippen molar-refractivity contribution in [3.8, 4) is 0 Å². The monoisotopic (exact) mass is 359 g/mol. The van der Waals surface area contributed by atoms with Crippen molar-refractivity contribution < 1.29 is 23.9 Å². The average Bonchev–Trinajstić information content (AvgIpc) is 2.91. The Bertz CT molecular complexity index is 707. The van der Waals surface area contributed by atoms with E-state index in [1.165, 1.54) is 0 Å². The fraction of sp³-hybridized carbons (Fsp3) is 0.444. The molecule has 1 aromatic rings. The number of nitrogens with one attached hydrogen (secondary N) is 1. The van der Waals surface area contributed by atoms with Gasteiger partial charge < -0.3 is 15.0 Å². The van der Waals surface area contributed by atoms with Gasteiger partial charge in [0.2, 0.25) is 11.8 Å². The zero-order valence-electron chi connectivity index (χ0n) is 14.6. The molecular formula is C18H21N3O5. The number of hydrogen-bond acceptors (Lipinski definition) is 5. The Balaban J connectivity index is 1.51. The maximum absolute atomic E-state index is 12.3. The normalized spacial score (nSPS) is 17.9. The van der Waals surface area contributed by atoms with Crippen molar-refractivity contribution in [2.75, 3.05) is 32.8 Å². The molecule has 0 aromatic heterocycles. The fourth-order valence-corrected chi connectivity index (χ4v) is 3.09. The Labute approximate surface area is 151 Å². The van der Waals surface area contributed by atoms with Gasteiger partial charge in [0.05, 0.1) is 24.3 Å². The summed E-state index contributed by atoms with van der Waals surface area (Å²) in [6.45, 7) is 3.61. The molecule has 0 unspecified atom stereocenters. The number of nitrogens with zero attached hydrogens (tertiary/aromatic N) is 2. The summed E-state index contributed by atoms with van der Waals surface area (Å²) in [6, 6.07) is 5.91. The van der Waals surface area contributed by atoms with E-state index in [4.69, 9.17) is 4.74 Å². The number of fused-ring (bicyclic) bond motifs is 1. The number of benzene rings is 1.